The van der Waals surface area contributed by atoms with Gasteiger partial charge in [-0.05, 0) is 45.4 Å². The van der Waals surface area contributed by atoms with Crippen LogP contribution in [0.5, 0.6) is 0 Å². The van der Waals surface area contributed by atoms with Crippen molar-refractivity contribution < 1.29 is 0 Å². The summed E-state index contributed by atoms with van der Waals surface area (Å²) in [5, 5.41) is 0. The van der Waals surface area contributed by atoms with Gasteiger partial charge >= 0.3 is 0 Å². The van der Waals surface area contributed by atoms with Gasteiger partial charge < -0.3 is 0 Å². The van der Waals surface area contributed by atoms with Crippen LogP contribution in [0.3, 0.4) is 0 Å². The number of likely N-dealkylation sites (tertiary alicyclic amines) is 1. The SMILES string of the molecule is CC(C)N1CC2(CC2)C[C@H]1C. The van der Waals surface area contributed by atoms with E-state index in [-0.39, 0.29) is 0 Å². The van der Waals surface area contributed by atoms with Crippen LogP contribution in [-0.2, 0) is 0 Å². The van der Waals surface area contributed by atoms with Crippen molar-refractivity contribution >= 4 is 0 Å². The molecule has 1 nitrogen and oxygen atoms in total. The predicted molar refractivity (Wildman–Crippen MR) is 47.6 cm³/mol. The normalized spacial score (nSPS) is 35.5. The van der Waals surface area contributed by atoms with Crippen molar-refractivity contribution in [2.45, 2.75) is 52.1 Å². The lowest BCUT2D eigenvalue weighted by Gasteiger charge is -2.25. The number of rotatable bonds is 1. The van der Waals surface area contributed by atoms with Crippen molar-refractivity contribution in [3.8, 4) is 0 Å². The van der Waals surface area contributed by atoms with Crippen molar-refractivity contribution in [2.75, 3.05) is 6.54 Å². The molecule has 1 atom stereocenters. The molecule has 2 rings (SSSR count). The highest BCUT2D eigenvalue weighted by molar-refractivity contribution is 5.03. The zero-order valence-corrected chi connectivity index (χ0v) is 7.93. The Morgan fingerprint density at radius 3 is 2.27 bits per heavy atom. The number of hydrogen-bond acceptors (Lipinski definition) is 1. The molecule has 2 fully saturated rings. The van der Waals surface area contributed by atoms with E-state index in [9.17, 15) is 0 Å². The molecule has 0 radical (unpaired) electrons. The van der Waals surface area contributed by atoms with Crippen molar-refractivity contribution in [2.24, 2.45) is 5.41 Å². The summed E-state index contributed by atoms with van der Waals surface area (Å²) in [6.07, 6.45) is 4.46. The Bertz CT molecular complexity index is 158. The van der Waals surface area contributed by atoms with Crippen molar-refractivity contribution in [1.82, 2.24) is 4.90 Å². The van der Waals surface area contributed by atoms with Gasteiger partial charge in [0.2, 0.25) is 0 Å². The van der Waals surface area contributed by atoms with Crippen LogP contribution in [0, 0.1) is 5.41 Å². The standard InChI is InChI=1S/C10H19N/c1-8(2)11-7-10(4-5-10)6-9(11)3/h8-9H,4-7H2,1-3H3/t9-/m1/s1. The molecular formula is C10H19N. The van der Waals surface area contributed by atoms with Gasteiger partial charge in [-0.3, -0.25) is 4.90 Å². The third-order valence-corrected chi connectivity index (χ3v) is 3.43. The molecule has 1 heteroatoms. The Labute approximate surface area is 69.8 Å². The van der Waals surface area contributed by atoms with E-state index in [0.717, 1.165) is 17.5 Å². The van der Waals surface area contributed by atoms with Gasteiger partial charge in [0.05, 0.1) is 0 Å². The minimum Gasteiger partial charge on any atom is -0.298 e. The molecule has 0 aromatic heterocycles. The molecule has 0 bridgehead atoms. The third-order valence-electron chi connectivity index (χ3n) is 3.43. The summed E-state index contributed by atoms with van der Waals surface area (Å²) in [5.74, 6) is 0. The van der Waals surface area contributed by atoms with Crippen LogP contribution in [0.4, 0.5) is 0 Å². The average Bonchev–Trinajstić information content (AvgIpc) is 2.54. The summed E-state index contributed by atoms with van der Waals surface area (Å²) < 4.78 is 0. The third kappa shape index (κ3) is 1.20. The van der Waals surface area contributed by atoms with Crippen LogP contribution in [-0.4, -0.2) is 23.5 Å². The topological polar surface area (TPSA) is 3.24 Å². The van der Waals surface area contributed by atoms with E-state index in [2.05, 4.69) is 25.7 Å². The first kappa shape index (κ1) is 7.60. The van der Waals surface area contributed by atoms with Gasteiger partial charge in [-0.15, -0.1) is 0 Å². The fourth-order valence-corrected chi connectivity index (χ4v) is 2.58. The molecule has 1 aliphatic heterocycles. The summed E-state index contributed by atoms with van der Waals surface area (Å²) in [4.78, 5) is 2.66. The maximum atomic E-state index is 2.66. The van der Waals surface area contributed by atoms with Gasteiger partial charge in [0.15, 0.2) is 0 Å². The maximum absolute atomic E-state index is 2.66. The zero-order chi connectivity index (χ0) is 8.06. The fraction of sp³-hybridized carbons (Fsp3) is 1.00. The van der Waals surface area contributed by atoms with E-state index in [4.69, 9.17) is 0 Å². The second-order valence-corrected chi connectivity index (χ2v) is 4.82. The van der Waals surface area contributed by atoms with E-state index in [0.29, 0.717) is 0 Å². The molecule has 0 amide bonds. The van der Waals surface area contributed by atoms with Gasteiger partial charge in [0.1, 0.15) is 0 Å². The van der Waals surface area contributed by atoms with Gasteiger partial charge in [-0.1, -0.05) is 0 Å². The molecule has 1 spiro atoms. The summed E-state index contributed by atoms with van der Waals surface area (Å²) in [6, 6.07) is 1.60. The molecule has 11 heavy (non-hydrogen) atoms. The van der Waals surface area contributed by atoms with E-state index in [1.807, 2.05) is 0 Å². The molecule has 1 heterocycles. The van der Waals surface area contributed by atoms with Crippen LogP contribution in [0.15, 0.2) is 0 Å². The van der Waals surface area contributed by atoms with Crippen molar-refractivity contribution in [3.05, 3.63) is 0 Å². The van der Waals surface area contributed by atoms with Crippen LogP contribution in [0.1, 0.15) is 40.0 Å². The highest BCUT2D eigenvalue weighted by atomic mass is 15.2. The predicted octanol–water partition coefficient (Wildman–Crippen LogP) is 2.27. The lowest BCUT2D eigenvalue weighted by molar-refractivity contribution is 0.210. The Balaban J connectivity index is 2.02. The van der Waals surface area contributed by atoms with E-state index in [1.165, 1.54) is 25.8 Å². The van der Waals surface area contributed by atoms with Gasteiger partial charge in [0.25, 0.3) is 0 Å². The van der Waals surface area contributed by atoms with Crippen molar-refractivity contribution in [1.29, 1.82) is 0 Å². The summed E-state index contributed by atoms with van der Waals surface area (Å²) >= 11 is 0. The minimum absolute atomic E-state index is 0.755. The first-order valence-electron chi connectivity index (χ1n) is 4.89. The Morgan fingerprint density at radius 2 is 2.00 bits per heavy atom. The molecule has 0 unspecified atom stereocenters. The number of nitrogens with zero attached hydrogens (tertiary/aromatic N) is 1. The molecule has 0 aromatic rings. The largest absolute Gasteiger partial charge is 0.298 e. The Morgan fingerprint density at radius 1 is 1.36 bits per heavy atom. The monoisotopic (exact) mass is 153 g/mol. The average molecular weight is 153 g/mol. The van der Waals surface area contributed by atoms with Gasteiger partial charge in [0, 0.05) is 18.6 Å². The zero-order valence-electron chi connectivity index (χ0n) is 7.93. The Hall–Kier alpha value is -0.0400. The summed E-state index contributed by atoms with van der Waals surface area (Å²) in [5.41, 5.74) is 0.795. The maximum Gasteiger partial charge on any atom is 0.00756 e. The second-order valence-electron chi connectivity index (χ2n) is 4.82. The van der Waals surface area contributed by atoms with Crippen LogP contribution in [0.2, 0.25) is 0 Å². The lowest BCUT2D eigenvalue weighted by Crippen LogP contribution is -2.33. The summed E-state index contributed by atoms with van der Waals surface area (Å²) in [6.45, 7) is 8.40. The Kier molecular flexibility index (Phi) is 1.54. The molecule has 64 valence electrons. The molecule has 2 aliphatic rings. The van der Waals surface area contributed by atoms with Crippen molar-refractivity contribution in [3.63, 3.8) is 0 Å². The summed E-state index contributed by atoms with van der Waals surface area (Å²) in [7, 11) is 0. The molecule has 1 saturated heterocycles. The van der Waals surface area contributed by atoms with E-state index < -0.39 is 0 Å². The van der Waals surface area contributed by atoms with Gasteiger partial charge in [-0.2, -0.15) is 0 Å². The van der Waals surface area contributed by atoms with Crippen LogP contribution >= 0.6 is 0 Å². The number of hydrogen-bond donors (Lipinski definition) is 0. The smallest absolute Gasteiger partial charge is 0.00756 e. The van der Waals surface area contributed by atoms with Gasteiger partial charge in [-0.25, -0.2) is 0 Å². The van der Waals surface area contributed by atoms with E-state index in [1.54, 1.807) is 0 Å². The first-order chi connectivity index (χ1) is 5.13. The molecular weight excluding hydrogens is 134 g/mol. The van der Waals surface area contributed by atoms with Crippen LogP contribution < -0.4 is 0 Å². The second kappa shape index (κ2) is 2.22. The first-order valence-corrected chi connectivity index (χ1v) is 4.89. The van der Waals surface area contributed by atoms with Crippen LogP contribution in [0.25, 0.3) is 0 Å². The fourth-order valence-electron chi connectivity index (χ4n) is 2.58. The molecule has 1 aliphatic carbocycles. The lowest BCUT2D eigenvalue weighted by atomic mass is 10.0. The molecule has 1 saturated carbocycles. The molecule has 0 N–H and O–H groups in total. The van der Waals surface area contributed by atoms with E-state index >= 15 is 0 Å². The highest BCUT2D eigenvalue weighted by Gasteiger charge is 2.50. The molecule has 0 aromatic carbocycles. The highest BCUT2D eigenvalue weighted by Crippen LogP contribution is 2.54. The minimum atomic E-state index is 0.755. The quantitative estimate of drug-likeness (QED) is 0.558.